The zero-order valence-corrected chi connectivity index (χ0v) is 13.0. The van der Waals surface area contributed by atoms with E-state index in [4.69, 9.17) is 4.74 Å². The molecule has 1 aromatic heterocycles. The van der Waals surface area contributed by atoms with E-state index < -0.39 is 0 Å². The Balaban J connectivity index is 2.02. The minimum absolute atomic E-state index is 0.866. The van der Waals surface area contributed by atoms with Crippen LogP contribution >= 0.6 is 11.3 Å². The van der Waals surface area contributed by atoms with E-state index in [2.05, 4.69) is 22.1 Å². The van der Waals surface area contributed by atoms with Crippen molar-refractivity contribution < 1.29 is 4.74 Å². The number of ether oxygens (including phenoxy) is 1. The Morgan fingerprint density at radius 2 is 2.05 bits per heavy atom. The maximum absolute atomic E-state index is 5.17. The number of aromatic nitrogens is 1. The highest BCUT2D eigenvalue weighted by Gasteiger charge is 2.09. The first kappa shape index (κ1) is 14.8. The van der Waals surface area contributed by atoms with E-state index in [9.17, 15) is 0 Å². The van der Waals surface area contributed by atoms with Crippen LogP contribution in [0.5, 0.6) is 5.75 Å². The van der Waals surface area contributed by atoms with Crippen molar-refractivity contribution in [1.29, 1.82) is 0 Å². The zero-order chi connectivity index (χ0) is 14.4. The Kier molecular flexibility index (Phi) is 5.38. The van der Waals surface area contributed by atoms with E-state index >= 15 is 0 Å². The summed E-state index contributed by atoms with van der Waals surface area (Å²) in [6.07, 6.45) is 3.10. The molecule has 0 bridgehead atoms. The number of methoxy groups -OCH3 is 1. The van der Waals surface area contributed by atoms with E-state index in [1.165, 1.54) is 4.88 Å². The van der Waals surface area contributed by atoms with E-state index in [-0.39, 0.29) is 0 Å². The molecule has 0 unspecified atom stereocenters. The first-order valence-electron chi connectivity index (χ1n) is 6.77. The van der Waals surface area contributed by atoms with Crippen LogP contribution in [0.3, 0.4) is 0 Å². The average molecular weight is 291 g/mol. The van der Waals surface area contributed by atoms with Crippen LogP contribution in [0.4, 0.5) is 10.8 Å². The summed E-state index contributed by atoms with van der Waals surface area (Å²) in [5.41, 5.74) is 1.10. The van der Waals surface area contributed by atoms with E-state index in [1.54, 1.807) is 18.4 Å². The van der Waals surface area contributed by atoms with Crippen LogP contribution in [0.25, 0.3) is 0 Å². The molecule has 2 rings (SSSR count). The summed E-state index contributed by atoms with van der Waals surface area (Å²) in [4.78, 5) is 7.84. The van der Waals surface area contributed by atoms with Crippen LogP contribution in [-0.2, 0) is 6.54 Å². The highest BCUT2D eigenvalue weighted by Crippen LogP contribution is 2.29. The van der Waals surface area contributed by atoms with Gasteiger partial charge >= 0.3 is 0 Å². The van der Waals surface area contributed by atoms with Crippen LogP contribution in [0, 0.1) is 0 Å². The van der Waals surface area contributed by atoms with Gasteiger partial charge in [0.1, 0.15) is 5.75 Å². The van der Waals surface area contributed by atoms with Gasteiger partial charge in [0, 0.05) is 30.4 Å². The molecule has 20 heavy (non-hydrogen) atoms. The van der Waals surface area contributed by atoms with Gasteiger partial charge in [0.2, 0.25) is 0 Å². The summed E-state index contributed by atoms with van der Waals surface area (Å²) in [5.74, 6) is 0.866. The fraction of sp³-hybridized carbons (Fsp3) is 0.400. The SMILES string of the molecule is CCCNCc1cnc(N(C)c2ccc(OC)cc2)s1. The molecule has 1 aromatic carbocycles. The van der Waals surface area contributed by atoms with Crippen LogP contribution in [-0.4, -0.2) is 25.7 Å². The van der Waals surface area contributed by atoms with E-state index in [0.29, 0.717) is 0 Å². The standard InChI is InChI=1S/C15H21N3OS/c1-4-9-16-10-14-11-17-15(20-14)18(2)12-5-7-13(19-3)8-6-12/h5-8,11,16H,4,9-10H2,1-3H3. The third kappa shape index (κ3) is 3.71. The molecule has 1 heterocycles. The van der Waals surface area contributed by atoms with Crippen molar-refractivity contribution in [1.82, 2.24) is 10.3 Å². The summed E-state index contributed by atoms with van der Waals surface area (Å²) in [5, 5.41) is 4.40. The molecule has 108 valence electrons. The second-order valence-electron chi connectivity index (χ2n) is 4.54. The van der Waals surface area contributed by atoms with Crippen LogP contribution < -0.4 is 15.0 Å². The number of hydrogen-bond acceptors (Lipinski definition) is 5. The van der Waals surface area contributed by atoms with Gasteiger partial charge in [-0.05, 0) is 37.2 Å². The molecule has 5 heteroatoms. The molecule has 0 atom stereocenters. The first-order chi connectivity index (χ1) is 9.74. The van der Waals surface area contributed by atoms with E-state index in [1.807, 2.05) is 37.5 Å². The summed E-state index contributed by atoms with van der Waals surface area (Å²) >= 11 is 1.72. The maximum Gasteiger partial charge on any atom is 0.189 e. The quantitative estimate of drug-likeness (QED) is 0.793. The Labute approximate surface area is 124 Å². The van der Waals surface area contributed by atoms with Gasteiger partial charge in [0.05, 0.1) is 7.11 Å². The van der Waals surface area contributed by atoms with Crippen molar-refractivity contribution in [3.05, 3.63) is 35.3 Å². The molecule has 0 aliphatic carbocycles. The van der Waals surface area contributed by atoms with Gasteiger partial charge in [-0.3, -0.25) is 0 Å². The van der Waals surface area contributed by atoms with Crippen LogP contribution in [0.2, 0.25) is 0 Å². The molecule has 0 amide bonds. The smallest absolute Gasteiger partial charge is 0.189 e. The second-order valence-corrected chi connectivity index (χ2v) is 5.64. The molecule has 0 radical (unpaired) electrons. The largest absolute Gasteiger partial charge is 0.497 e. The summed E-state index contributed by atoms with van der Waals surface area (Å²) in [6.45, 7) is 4.10. The summed E-state index contributed by atoms with van der Waals surface area (Å²) in [6, 6.07) is 8.00. The molecular weight excluding hydrogens is 270 g/mol. The van der Waals surface area contributed by atoms with Crippen molar-refractivity contribution >= 4 is 22.2 Å². The Morgan fingerprint density at radius 1 is 1.30 bits per heavy atom. The minimum atomic E-state index is 0.866. The monoisotopic (exact) mass is 291 g/mol. The third-order valence-electron chi connectivity index (χ3n) is 3.01. The lowest BCUT2D eigenvalue weighted by atomic mass is 10.3. The van der Waals surface area contributed by atoms with Crippen molar-refractivity contribution in [2.75, 3.05) is 25.6 Å². The maximum atomic E-state index is 5.17. The summed E-state index contributed by atoms with van der Waals surface area (Å²) in [7, 11) is 3.71. The first-order valence-corrected chi connectivity index (χ1v) is 7.59. The third-order valence-corrected chi connectivity index (χ3v) is 4.09. The fourth-order valence-electron chi connectivity index (χ4n) is 1.84. The lowest BCUT2D eigenvalue weighted by Gasteiger charge is -2.16. The number of rotatable bonds is 7. The van der Waals surface area contributed by atoms with Crippen LogP contribution in [0.15, 0.2) is 30.5 Å². The van der Waals surface area contributed by atoms with Crippen molar-refractivity contribution in [3.63, 3.8) is 0 Å². The van der Waals surface area contributed by atoms with Crippen molar-refractivity contribution in [2.24, 2.45) is 0 Å². The fourth-order valence-corrected chi connectivity index (χ4v) is 2.70. The predicted molar refractivity (Wildman–Crippen MR) is 85.2 cm³/mol. The molecule has 0 fully saturated rings. The molecule has 0 saturated carbocycles. The topological polar surface area (TPSA) is 37.4 Å². The van der Waals surface area contributed by atoms with Gasteiger partial charge in [-0.2, -0.15) is 0 Å². The van der Waals surface area contributed by atoms with Gasteiger partial charge in [-0.25, -0.2) is 4.98 Å². The zero-order valence-electron chi connectivity index (χ0n) is 12.2. The van der Waals surface area contributed by atoms with Gasteiger partial charge in [-0.15, -0.1) is 11.3 Å². The molecule has 0 spiro atoms. The molecular formula is C15H21N3OS. The lowest BCUT2D eigenvalue weighted by Crippen LogP contribution is -2.12. The number of anilines is 2. The van der Waals surface area contributed by atoms with Crippen LogP contribution in [0.1, 0.15) is 18.2 Å². The summed E-state index contributed by atoms with van der Waals surface area (Å²) < 4.78 is 5.17. The lowest BCUT2D eigenvalue weighted by molar-refractivity contribution is 0.415. The average Bonchev–Trinajstić information content (AvgIpc) is 2.96. The Bertz CT molecular complexity index is 524. The van der Waals surface area contributed by atoms with Gasteiger partial charge in [-0.1, -0.05) is 6.92 Å². The van der Waals surface area contributed by atoms with Gasteiger partial charge in [0.25, 0.3) is 0 Å². The Hall–Kier alpha value is -1.59. The highest BCUT2D eigenvalue weighted by molar-refractivity contribution is 7.15. The number of benzene rings is 1. The molecule has 1 N–H and O–H groups in total. The number of nitrogens with one attached hydrogen (secondary N) is 1. The van der Waals surface area contributed by atoms with Gasteiger partial charge < -0.3 is 15.0 Å². The second kappa shape index (κ2) is 7.26. The molecule has 2 aromatic rings. The number of thiazole rings is 1. The molecule has 0 aliphatic rings. The molecule has 0 aliphatic heterocycles. The van der Waals surface area contributed by atoms with Gasteiger partial charge in [0.15, 0.2) is 5.13 Å². The van der Waals surface area contributed by atoms with E-state index in [0.717, 1.165) is 36.1 Å². The molecule has 4 nitrogen and oxygen atoms in total. The minimum Gasteiger partial charge on any atom is -0.497 e. The normalized spacial score (nSPS) is 10.6. The number of nitrogens with zero attached hydrogens (tertiary/aromatic N) is 2. The molecule has 0 saturated heterocycles. The van der Waals surface area contributed by atoms with Crippen molar-refractivity contribution in [3.8, 4) is 5.75 Å². The predicted octanol–water partition coefficient (Wildman–Crippen LogP) is 3.42. The Morgan fingerprint density at radius 3 is 2.70 bits per heavy atom. The highest BCUT2D eigenvalue weighted by atomic mass is 32.1. The number of hydrogen-bond donors (Lipinski definition) is 1. The van der Waals surface area contributed by atoms with Crippen molar-refractivity contribution in [2.45, 2.75) is 19.9 Å².